The molecule has 9 heteroatoms. The van der Waals surface area contributed by atoms with E-state index in [4.69, 9.17) is 4.74 Å². The number of amides is 2. The first kappa shape index (κ1) is 29.2. The molecule has 2 aromatic rings. The molecule has 2 aromatic carbocycles. The van der Waals surface area contributed by atoms with E-state index in [2.05, 4.69) is 5.32 Å². The summed E-state index contributed by atoms with van der Waals surface area (Å²) in [5.74, 6) is 0.0763. The van der Waals surface area contributed by atoms with Crippen molar-refractivity contribution in [3.8, 4) is 5.75 Å². The highest BCUT2D eigenvalue weighted by molar-refractivity contribution is 7.92. The predicted octanol–water partition coefficient (Wildman–Crippen LogP) is 3.88. The third-order valence-electron chi connectivity index (χ3n) is 6.04. The monoisotopic (exact) mass is 517 g/mol. The molecule has 8 nitrogen and oxygen atoms in total. The van der Waals surface area contributed by atoms with Crippen LogP contribution in [0.4, 0.5) is 5.69 Å². The van der Waals surface area contributed by atoms with E-state index in [1.807, 2.05) is 45.0 Å². The largest absolute Gasteiger partial charge is 0.495 e. The maximum Gasteiger partial charge on any atom is 0.242 e. The smallest absolute Gasteiger partial charge is 0.242 e. The van der Waals surface area contributed by atoms with Crippen LogP contribution < -0.4 is 14.4 Å². The van der Waals surface area contributed by atoms with Crippen LogP contribution in [-0.4, -0.2) is 57.6 Å². The number of methoxy groups -OCH3 is 1. The number of nitrogens with zero attached hydrogens (tertiary/aromatic N) is 2. The fourth-order valence-corrected chi connectivity index (χ4v) is 5.04. The molecule has 36 heavy (non-hydrogen) atoms. The lowest BCUT2D eigenvalue weighted by atomic mass is 10.1. The van der Waals surface area contributed by atoms with Crippen LogP contribution in [0.3, 0.4) is 0 Å². The Kier molecular flexibility index (Phi) is 11.2. The number of sulfonamides is 1. The van der Waals surface area contributed by atoms with Crippen molar-refractivity contribution in [1.82, 2.24) is 10.2 Å². The molecule has 0 aliphatic carbocycles. The van der Waals surface area contributed by atoms with Gasteiger partial charge in [-0.1, -0.05) is 50.2 Å². The first-order chi connectivity index (χ1) is 17.1. The maximum atomic E-state index is 13.5. The molecular formula is C27H39N3O5S. The fraction of sp³-hybridized carbons (Fsp3) is 0.481. The highest BCUT2D eigenvalue weighted by Crippen LogP contribution is 2.30. The summed E-state index contributed by atoms with van der Waals surface area (Å²) in [5.41, 5.74) is 2.44. The topological polar surface area (TPSA) is 96.0 Å². The quantitative estimate of drug-likeness (QED) is 0.410. The summed E-state index contributed by atoms with van der Waals surface area (Å²) in [5, 5.41) is 2.91. The summed E-state index contributed by atoms with van der Waals surface area (Å²) in [6.45, 7) is 6.82. The minimum Gasteiger partial charge on any atom is -0.495 e. The van der Waals surface area contributed by atoms with E-state index in [9.17, 15) is 18.0 Å². The Morgan fingerprint density at radius 3 is 2.33 bits per heavy atom. The van der Waals surface area contributed by atoms with E-state index in [1.165, 1.54) is 11.4 Å². The van der Waals surface area contributed by atoms with Gasteiger partial charge in [0.2, 0.25) is 21.8 Å². The van der Waals surface area contributed by atoms with E-state index < -0.39 is 16.1 Å². The lowest BCUT2D eigenvalue weighted by Crippen LogP contribution is -2.49. The van der Waals surface area contributed by atoms with Gasteiger partial charge in [-0.05, 0) is 49.4 Å². The van der Waals surface area contributed by atoms with Crippen molar-refractivity contribution in [2.75, 3.05) is 30.8 Å². The van der Waals surface area contributed by atoms with Crippen LogP contribution in [-0.2, 0) is 26.2 Å². The summed E-state index contributed by atoms with van der Waals surface area (Å²) in [7, 11) is -2.12. The van der Waals surface area contributed by atoms with Crippen LogP contribution in [0, 0.1) is 6.92 Å². The molecule has 198 valence electrons. The van der Waals surface area contributed by atoms with Gasteiger partial charge in [0.15, 0.2) is 0 Å². The molecule has 1 N–H and O–H groups in total. The molecule has 0 aromatic heterocycles. The van der Waals surface area contributed by atoms with Gasteiger partial charge in [0, 0.05) is 26.1 Å². The highest BCUT2D eigenvalue weighted by Gasteiger charge is 2.29. The van der Waals surface area contributed by atoms with Gasteiger partial charge in [0.05, 0.1) is 19.1 Å². The van der Waals surface area contributed by atoms with Gasteiger partial charge >= 0.3 is 0 Å². The summed E-state index contributed by atoms with van der Waals surface area (Å²) >= 11 is 0. The van der Waals surface area contributed by atoms with Crippen LogP contribution in [0.1, 0.15) is 50.7 Å². The third kappa shape index (κ3) is 7.98. The predicted molar refractivity (Wildman–Crippen MR) is 144 cm³/mol. The summed E-state index contributed by atoms with van der Waals surface area (Å²) < 4.78 is 31.7. The molecule has 0 aliphatic heterocycles. The normalized spacial score (nSPS) is 12.0. The first-order valence-corrected chi connectivity index (χ1v) is 14.2. The highest BCUT2D eigenvalue weighted by atomic mass is 32.2. The molecule has 0 bridgehead atoms. The van der Waals surface area contributed by atoms with Crippen LogP contribution in [0.15, 0.2) is 48.5 Å². The van der Waals surface area contributed by atoms with E-state index >= 15 is 0 Å². The number of ether oxygens (including phenoxy) is 1. The van der Waals surface area contributed by atoms with E-state index in [1.54, 1.807) is 29.2 Å². The second-order valence-corrected chi connectivity index (χ2v) is 10.7. The molecule has 0 heterocycles. The van der Waals surface area contributed by atoms with Gasteiger partial charge in [-0.25, -0.2) is 8.42 Å². The van der Waals surface area contributed by atoms with Crippen LogP contribution >= 0.6 is 0 Å². The number of anilines is 1. The van der Waals surface area contributed by atoms with E-state index in [-0.39, 0.29) is 24.8 Å². The van der Waals surface area contributed by atoms with Crippen LogP contribution in [0.5, 0.6) is 5.75 Å². The summed E-state index contributed by atoms with van der Waals surface area (Å²) in [6, 6.07) is 14.1. The van der Waals surface area contributed by atoms with Gasteiger partial charge in [-0.3, -0.25) is 13.9 Å². The Morgan fingerprint density at radius 2 is 1.72 bits per heavy atom. The molecule has 2 amide bonds. The third-order valence-corrected chi connectivity index (χ3v) is 7.22. The lowest BCUT2D eigenvalue weighted by molar-refractivity contribution is -0.141. The Labute approximate surface area is 215 Å². The fourth-order valence-electron chi connectivity index (χ4n) is 4.07. The number of nitrogens with one attached hydrogen (secondary N) is 1. The van der Waals surface area contributed by atoms with E-state index in [0.29, 0.717) is 37.4 Å². The van der Waals surface area contributed by atoms with Gasteiger partial charge < -0.3 is 15.0 Å². The minimum absolute atomic E-state index is 0.102. The Bertz CT molecular complexity index is 1120. The van der Waals surface area contributed by atoms with Gasteiger partial charge in [0.25, 0.3) is 0 Å². The summed E-state index contributed by atoms with van der Waals surface area (Å²) in [6.07, 6.45) is 2.81. The molecule has 1 atom stereocenters. The molecule has 0 saturated heterocycles. The second-order valence-electron chi connectivity index (χ2n) is 8.77. The first-order valence-electron chi connectivity index (χ1n) is 12.4. The van der Waals surface area contributed by atoms with Crippen LogP contribution in [0.25, 0.3) is 0 Å². The molecule has 0 saturated carbocycles. The van der Waals surface area contributed by atoms with Crippen molar-refractivity contribution in [3.63, 3.8) is 0 Å². The number of para-hydroxylation sites is 2. The maximum absolute atomic E-state index is 13.5. The zero-order valence-electron chi connectivity index (χ0n) is 22.0. The standard InChI is InChI=1S/C27H39N3O5S/c1-6-18-28-27(32)23(7-2)29(20-22-14-9-8-13-21(22)3)26(31)17-12-19-30(36(5,33)34)24-15-10-11-16-25(24)35-4/h8-11,13-16,23H,6-7,12,17-20H2,1-5H3,(H,28,32). The SMILES string of the molecule is CCCNC(=O)C(CC)N(Cc1ccccc1C)C(=O)CCCN(c1ccccc1OC)S(C)(=O)=O. The van der Waals surface area contributed by atoms with Gasteiger partial charge in [-0.2, -0.15) is 0 Å². The summed E-state index contributed by atoms with van der Waals surface area (Å²) in [4.78, 5) is 28.0. The molecule has 0 aliphatic rings. The number of aryl methyl sites for hydroxylation is 1. The number of hydrogen-bond acceptors (Lipinski definition) is 5. The zero-order chi connectivity index (χ0) is 26.7. The number of carbonyl (C=O) groups excluding carboxylic acids is 2. The second kappa shape index (κ2) is 13.9. The average molecular weight is 518 g/mol. The molecular weight excluding hydrogens is 478 g/mol. The molecule has 2 rings (SSSR count). The zero-order valence-corrected chi connectivity index (χ0v) is 22.8. The number of benzene rings is 2. The van der Waals surface area contributed by atoms with Crippen molar-refractivity contribution in [1.29, 1.82) is 0 Å². The van der Waals surface area contributed by atoms with Crippen molar-refractivity contribution in [2.24, 2.45) is 0 Å². The van der Waals surface area contributed by atoms with E-state index in [0.717, 1.165) is 23.8 Å². The van der Waals surface area contributed by atoms with Crippen molar-refractivity contribution >= 4 is 27.5 Å². The average Bonchev–Trinajstić information content (AvgIpc) is 2.85. The molecule has 0 fully saturated rings. The van der Waals surface area contributed by atoms with Gasteiger partial charge in [-0.15, -0.1) is 0 Å². The minimum atomic E-state index is -3.60. The Hall–Kier alpha value is -3.07. The van der Waals surface area contributed by atoms with Crippen molar-refractivity contribution in [3.05, 3.63) is 59.7 Å². The molecule has 1 unspecified atom stereocenters. The van der Waals surface area contributed by atoms with Gasteiger partial charge in [0.1, 0.15) is 11.8 Å². The van der Waals surface area contributed by atoms with Crippen molar-refractivity contribution in [2.45, 2.75) is 59.0 Å². The number of rotatable bonds is 14. The molecule has 0 radical (unpaired) electrons. The van der Waals surface area contributed by atoms with Crippen LogP contribution in [0.2, 0.25) is 0 Å². The lowest BCUT2D eigenvalue weighted by Gasteiger charge is -2.31. The number of carbonyl (C=O) groups is 2. The Balaban J connectivity index is 2.24. The molecule has 0 spiro atoms. The Morgan fingerprint density at radius 1 is 1.06 bits per heavy atom. The van der Waals surface area contributed by atoms with Crippen molar-refractivity contribution < 1.29 is 22.7 Å². The number of hydrogen-bond donors (Lipinski definition) is 1.